The van der Waals surface area contributed by atoms with Crippen molar-refractivity contribution >= 4 is 34.2 Å². The van der Waals surface area contributed by atoms with Crippen LogP contribution in [0, 0.1) is 11.6 Å². The van der Waals surface area contributed by atoms with Crippen LogP contribution in [0.5, 0.6) is 0 Å². The van der Waals surface area contributed by atoms with Gasteiger partial charge in [0.15, 0.2) is 0 Å². The van der Waals surface area contributed by atoms with Crippen molar-refractivity contribution in [2.75, 3.05) is 0 Å². The van der Waals surface area contributed by atoms with Crippen LogP contribution in [0.15, 0.2) is 36.4 Å². The fourth-order valence-electron chi connectivity index (χ4n) is 2.24. The quantitative estimate of drug-likeness (QED) is 0.587. The molecule has 3 rings (SSSR count). The van der Waals surface area contributed by atoms with E-state index in [1.165, 1.54) is 18.2 Å². The van der Waals surface area contributed by atoms with Crippen molar-refractivity contribution in [1.82, 2.24) is 9.55 Å². The van der Waals surface area contributed by atoms with Crippen LogP contribution in [0.3, 0.4) is 0 Å². The zero-order valence-corrected chi connectivity index (χ0v) is 12.5. The van der Waals surface area contributed by atoms with Crippen molar-refractivity contribution in [1.29, 1.82) is 0 Å². The summed E-state index contributed by atoms with van der Waals surface area (Å²) in [6, 6.07) is 8.89. The molecule has 0 saturated carbocycles. The number of imidazole rings is 1. The third-order valence-electron chi connectivity index (χ3n) is 3.17. The molecular weight excluding hydrogens is 317 g/mol. The molecule has 0 N–H and O–H groups in total. The molecule has 0 radical (unpaired) electrons. The Bertz CT molecular complexity index is 828. The summed E-state index contributed by atoms with van der Waals surface area (Å²) in [6.45, 7) is 1.72. The summed E-state index contributed by atoms with van der Waals surface area (Å²) >= 11 is 12.0. The molecule has 0 aliphatic carbocycles. The van der Waals surface area contributed by atoms with Crippen molar-refractivity contribution in [3.63, 3.8) is 0 Å². The molecule has 0 aliphatic heterocycles. The van der Waals surface area contributed by atoms with E-state index in [1.54, 1.807) is 29.7 Å². The summed E-state index contributed by atoms with van der Waals surface area (Å²) < 4.78 is 29.3. The van der Waals surface area contributed by atoms with Gasteiger partial charge in [0.1, 0.15) is 17.5 Å². The zero-order valence-electron chi connectivity index (χ0n) is 10.9. The van der Waals surface area contributed by atoms with Gasteiger partial charge in [0.05, 0.1) is 27.1 Å². The fourth-order valence-corrected chi connectivity index (χ4v) is 2.55. The Balaban J connectivity index is 2.41. The first-order chi connectivity index (χ1) is 9.99. The molecule has 1 heterocycles. The Kier molecular flexibility index (Phi) is 3.59. The maximum atomic E-state index is 14.1. The van der Waals surface area contributed by atoms with Gasteiger partial charge < -0.3 is 0 Å². The van der Waals surface area contributed by atoms with E-state index in [4.69, 9.17) is 23.2 Å². The minimum atomic E-state index is -0.573. The Morgan fingerprint density at radius 3 is 2.52 bits per heavy atom. The first-order valence-electron chi connectivity index (χ1n) is 6.25. The molecule has 6 heteroatoms. The zero-order chi connectivity index (χ0) is 15.1. The van der Waals surface area contributed by atoms with Crippen LogP contribution in [0.1, 0.15) is 18.1 Å². The molecule has 0 aliphatic rings. The number of halogens is 4. The number of fused-ring (bicyclic) bond motifs is 1. The van der Waals surface area contributed by atoms with E-state index in [0.29, 0.717) is 22.5 Å². The van der Waals surface area contributed by atoms with Crippen molar-refractivity contribution in [3.8, 4) is 5.69 Å². The third kappa shape index (κ3) is 2.39. The molecule has 0 amide bonds. The van der Waals surface area contributed by atoms with Gasteiger partial charge in [-0.1, -0.05) is 23.7 Å². The molecule has 0 spiro atoms. The molecule has 2 aromatic carbocycles. The lowest BCUT2D eigenvalue weighted by Crippen LogP contribution is -2.04. The van der Waals surface area contributed by atoms with Gasteiger partial charge in [0, 0.05) is 6.07 Å². The number of hydrogen-bond donors (Lipinski definition) is 0. The number of rotatable bonds is 2. The van der Waals surface area contributed by atoms with Gasteiger partial charge in [-0.05, 0) is 25.1 Å². The highest BCUT2D eigenvalue weighted by Crippen LogP contribution is 2.31. The molecule has 1 atom stereocenters. The van der Waals surface area contributed by atoms with E-state index in [0.717, 1.165) is 0 Å². The number of hydrogen-bond acceptors (Lipinski definition) is 1. The van der Waals surface area contributed by atoms with Crippen LogP contribution in [-0.2, 0) is 0 Å². The standard InChI is InChI=1S/C15H10Cl2F2N2/c1-8(16)15-20-12-7-11(19)9(17)6-14(12)21(15)13-5-3-2-4-10(13)18/h2-8H,1H3. The average Bonchev–Trinajstić information content (AvgIpc) is 2.78. The molecule has 0 bridgehead atoms. The summed E-state index contributed by atoms with van der Waals surface area (Å²) in [7, 11) is 0. The largest absolute Gasteiger partial charge is 0.292 e. The Hall–Kier alpha value is -1.65. The molecule has 1 unspecified atom stereocenters. The monoisotopic (exact) mass is 326 g/mol. The topological polar surface area (TPSA) is 17.8 Å². The second-order valence-electron chi connectivity index (χ2n) is 4.63. The van der Waals surface area contributed by atoms with Crippen LogP contribution in [0.2, 0.25) is 5.02 Å². The normalized spacial score (nSPS) is 12.8. The van der Waals surface area contributed by atoms with Gasteiger partial charge in [0.2, 0.25) is 0 Å². The molecule has 0 fully saturated rings. The van der Waals surface area contributed by atoms with E-state index in [2.05, 4.69) is 4.98 Å². The van der Waals surface area contributed by atoms with Gasteiger partial charge in [-0.25, -0.2) is 13.8 Å². The Morgan fingerprint density at radius 2 is 1.86 bits per heavy atom. The molecule has 0 saturated heterocycles. The maximum absolute atomic E-state index is 14.1. The van der Waals surface area contributed by atoms with Gasteiger partial charge >= 0.3 is 0 Å². The Morgan fingerprint density at radius 1 is 1.14 bits per heavy atom. The molecular formula is C15H10Cl2F2N2. The van der Waals surface area contributed by atoms with Gasteiger partial charge in [-0.2, -0.15) is 0 Å². The number of aromatic nitrogens is 2. The molecule has 108 valence electrons. The first-order valence-corrected chi connectivity index (χ1v) is 7.07. The maximum Gasteiger partial charge on any atom is 0.147 e. The highest BCUT2D eigenvalue weighted by atomic mass is 35.5. The SMILES string of the molecule is CC(Cl)c1nc2cc(F)c(Cl)cc2n1-c1ccccc1F. The molecule has 2 nitrogen and oxygen atoms in total. The van der Waals surface area contributed by atoms with E-state index in [1.807, 2.05) is 0 Å². The summed E-state index contributed by atoms with van der Waals surface area (Å²) in [5.41, 5.74) is 1.18. The van der Waals surface area contributed by atoms with Crippen LogP contribution >= 0.6 is 23.2 Å². The number of para-hydroxylation sites is 1. The van der Waals surface area contributed by atoms with E-state index >= 15 is 0 Å². The van der Waals surface area contributed by atoms with Crippen molar-refractivity contribution in [2.24, 2.45) is 0 Å². The first kappa shape index (κ1) is 14.3. The molecule has 21 heavy (non-hydrogen) atoms. The van der Waals surface area contributed by atoms with Crippen LogP contribution in [-0.4, -0.2) is 9.55 Å². The average molecular weight is 327 g/mol. The second kappa shape index (κ2) is 5.28. The predicted molar refractivity (Wildman–Crippen MR) is 80.3 cm³/mol. The van der Waals surface area contributed by atoms with Crippen LogP contribution in [0.4, 0.5) is 8.78 Å². The molecule has 1 aromatic heterocycles. The predicted octanol–water partition coefficient (Wildman–Crippen LogP) is 5.26. The summed E-state index contributed by atoms with van der Waals surface area (Å²) in [4.78, 5) is 4.30. The number of alkyl halides is 1. The van der Waals surface area contributed by atoms with Gasteiger partial charge in [-0.15, -0.1) is 11.6 Å². The lowest BCUT2D eigenvalue weighted by atomic mass is 10.2. The fraction of sp³-hybridized carbons (Fsp3) is 0.133. The minimum Gasteiger partial charge on any atom is -0.292 e. The molecule has 3 aromatic rings. The number of nitrogens with zero attached hydrogens (tertiary/aromatic N) is 2. The smallest absolute Gasteiger partial charge is 0.147 e. The van der Waals surface area contributed by atoms with Gasteiger partial charge in [0.25, 0.3) is 0 Å². The van der Waals surface area contributed by atoms with E-state index in [9.17, 15) is 8.78 Å². The summed E-state index contributed by atoms with van der Waals surface area (Å²) in [6.07, 6.45) is 0. The summed E-state index contributed by atoms with van der Waals surface area (Å²) in [5, 5.41) is -0.521. The van der Waals surface area contributed by atoms with Crippen molar-refractivity contribution < 1.29 is 8.78 Å². The van der Waals surface area contributed by atoms with E-state index < -0.39 is 17.0 Å². The number of benzene rings is 2. The minimum absolute atomic E-state index is 0.0474. The lowest BCUT2D eigenvalue weighted by molar-refractivity contribution is 0.616. The van der Waals surface area contributed by atoms with E-state index in [-0.39, 0.29) is 5.02 Å². The highest BCUT2D eigenvalue weighted by molar-refractivity contribution is 6.31. The van der Waals surface area contributed by atoms with Gasteiger partial charge in [-0.3, -0.25) is 4.57 Å². The van der Waals surface area contributed by atoms with Crippen LogP contribution in [0.25, 0.3) is 16.7 Å². The summed E-state index contributed by atoms with van der Waals surface area (Å²) in [5.74, 6) is -0.564. The second-order valence-corrected chi connectivity index (χ2v) is 5.69. The lowest BCUT2D eigenvalue weighted by Gasteiger charge is -2.11. The Labute approximate surface area is 129 Å². The third-order valence-corrected chi connectivity index (χ3v) is 3.66. The van der Waals surface area contributed by atoms with Crippen LogP contribution < -0.4 is 0 Å². The van der Waals surface area contributed by atoms with Crippen molar-refractivity contribution in [2.45, 2.75) is 12.3 Å². The van der Waals surface area contributed by atoms with Crippen molar-refractivity contribution in [3.05, 3.63) is 58.9 Å². The highest BCUT2D eigenvalue weighted by Gasteiger charge is 2.19.